The van der Waals surface area contributed by atoms with E-state index in [0.29, 0.717) is 11.4 Å². The molecule has 0 aliphatic rings. The summed E-state index contributed by atoms with van der Waals surface area (Å²) in [6.07, 6.45) is 2.93. The maximum Gasteiger partial charge on any atom is 0.332 e. The molecular weight excluding hydrogens is 307 g/mol. The summed E-state index contributed by atoms with van der Waals surface area (Å²) in [4.78, 5) is 11.3. The van der Waals surface area contributed by atoms with Gasteiger partial charge >= 0.3 is 10.2 Å². The molecule has 114 valence electrons. The average Bonchev–Trinajstić information content (AvgIpc) is 2.46. The molecule has 0 aliphatic carbocycles. The van der Waals surface area contributed by atoms with Gasteiger partial charge in [-0.25, -0.2) is 0 Å². The zero-order chi connectivity index (χ0) is 16.2. The van der Waals surface area contributed by atoms with Gasteiger partial charge in [0.05, 0.1) is 4.90 Å². The van der Waals surface area contributed by atoms with Crippen molar-refractivity contribution >= 4 is 33.6 Å². The lowest BCUT2D eigenvalue weighted by molar-refractivity contribution is -0.111. The standard InChI is InChI=1S/C15H13FN2O3S/c16-22(20,21)14-8-6-13(7-9-14)18-15(19)10-3-11-1-4-12(17)5-2-11/h1-10H,17H2,(H,18,19)/b10-3+. The second kappa shape index (κ2) is 6.40. The summed E-state index contributed by atoms with van der Waals surface area (Å²) >= 11 is 0. The summed E-state index contributed by atoms with van der Waals surface area (Å²) in [6.45, 7) is 0. The van der Waals surface area contributed by atoms with Crippen molar-refractivity contribution in [2.24, 2.45) is 0 Å². The van der Waals surface area contributed by atoms with Crippen LogP contribution in [0, 0.1) is 0 Å². The minimum atomic E-state index is -4.73. The lowest BCUT2D eigenvalue weighted by atomic mass is 10.2. The van der Waals surface area contributed by atoms with E-state index in [0.717, 1.165) is 17.7 Å². The van der Waals surface area contributed by atoms with Crippen LogP contribution in [0.4, 0.5) is 15.3 Å². The number of nitrogens with one attached hydrogen (secondary N) is 1. The predicted molar refractivity (Wildman–Crippen MR) is 83.3 cm³/mol. The second-order valence-corrected chi connectivity index (χ2v) is 5.80. The molecule has 0 radical (unpaired) electrons. The zero-order valence-corrected chi connectivity index (χ0v) is 12.2. The zero-order valence-electron chi connectivity index (χ0n) is 11.4. The highest BCUT2D eigenvalue weighted by atomic mass is 32.3. The monoisotopic (exact) mass is 320 g/mol. The smallest absolute Gasteiger partial charge is 0.332 e. The van der Waals surface area contributed by atoms with E-state index in [4.69, 9.17) is 5.73 Å². The summed E-state index contributed by atoms with van der Waals surface area (Å²) in [5.41, 5.74) is 7.35. The number of benzene rings is 2. The van der Waals surface area contributed by atoms with E-state index in [-0.39, 0.29) is 0 Å². The van der Waals surface area contributed by atoms with E-state index >= 15 is 0 Å². The number of halogens is 1. The van der Waals surface area contributed by atoms with Crippen molar-refractivity contribution in [3.63, 3.8) is 0 Å². The van der Waals surface area contributed by atoms with Crippen molar-refractivity contribution in [1.82, 2.24) is 0 Å². The van der Waals surface area contributed by atoms with Gasteiger partial charge < -0.3 is 11.1 Å². The summed E-state index contributed by atoms with van der Waals surface area (Å²) in [5.74, 6) is -0.396. The van der Waals surface area contributed by atoms with Gasteiger partial charge in [-0.2, -0.15) is 8.42 Å². The molecule has 0 bridgehead atoms. The first-order chi connectivity index (χ1) is 10.3. The van der Waals surface area contributed by atoms with Gasteiger partial charge in [0.25, 0.3) is 0 Å². The Labute approximate surface area is 127 Å². The molecule has 7 heteroatoms. The lowest BCUT2D eigenvalue weighted by Crippen LogP contribution is -2.07. The normalized spacial score (nSPS) is 11.5. The maximum atomic E-state index is 12.7. The number of rotatable bonds is 4. The molecule has 0 heterocycles. The third kappa shape index (κ3) is 4.42. The topological polar surface area (TPSA) is 89.3 Å². The van der Waals surface area contributed by atoms with Crippen LogP contribution in [-0.2, 0) is 15.0 Å². The predicted octanol–water partition coefficient (Wildman–Crippen LogP) is 2.58. The van der Waals surface area contributed by atoms with Gasteiger partial charge in [0.15, 0.2) is 0 Å². The van der Waals surface area contributed by atoms with Crippen LogP contribution >= 0.6 is 0 Å². The molecule has 2 rings (SSSR count). The van der Waals surface area contributed by atoms with Crippen molar-refractivity contribution in [2.75, 3.05) is 11.1 Å². The number of amides is 1. The Balaban J connectivity index is 2.01. The summed E-state index contributed by atoms with van der Waals surface area (Å²) in [5, 5.41) is 2.53. The van der Waals surface area contributed by atoms with Gasteiger partial charge in [-0.05, 0) is 48.0 Å². The highest BCUT2D eigenvalue weighted by Crippen LogP contribution is 2.16. The summed E-state index contributed by atoms with van der Waals surface area (Å²) in [6, 6.07) is 11.7. The Morgan fingerprint density at radius 3 is 2.18 bits per heavy atom. The van der Waals surface area contributed by atoms with Gasteiger partial charge in [0.2, 0.25) is 5.91 Å². The van der Waals surface area contributed by atoms with E-state index in [1.807, 2.05) is 0 Å². The van der Waals surface area contributed by atoms with Crippen molar-refractivity contribution in [3.05, 3.63) is 60.2 Å². The van der Waals surface area contributed by atoms with Crippen molar-refractivity contribution < 1.29 is 17.1 Å². The van der Waals surface area contributed by atoms with E-state index < -0.39 is 21.0 Å². The molecule has 0 fully saturated rings. The molecule has 0 spiro atoms. The first kappa shape index (κ1) is 15.7. The van der Waals surface area contributed by atoms with E-state index in [2.05, 4.69) is 5.32 Å². The van der Waals surface area contributed by atoms with Gasteiger partial charge in [0, 0.05) is 17.5 Å². The van der Waals surface area contributed by atoms with Gasteiger partial charge in [-0.15, -0.1) is 3.89 Å². The number of nitrogens with two attached hydrogens (primary N) is 1. The first-order valence-electron chi connectivity index (χ1n) is 6.24. The van der Waals surface area contributed by atoms with Crippen LogP contribution in [0.2, 0.25) is 0 Å². The molecule has 2 aromatic rings. The van der Waals surface area contributed by atoms with Gasteiger partial charge in [-0.3, -0.25) is 4.79 Å². The molecule has 1 amide bonds. The minimum absolute atomic E-state index is 0.361. The van der Waals surface area contributed by atoms with Crippen LogP contribution in [0.3, 0.4) is 0 Å². The Kier molecular flexibility index (Phi) is 4.57. The van der Waals surface area contributed by atoms with E-state index in [1.165, 1.54) is 18.2 Å². The van der Waals surface area contributed by atoms with Crippen LogP contribution in [0.1, 0.15) is 5.56 Å². The molecule has 0 aromatic heterocycles. The fourth-order valence-corrected chi connectivity index (χ4v) is 2.12. The fourth-order valence-electron chi connectivity index (χ4n) is 1.66. The lowest BCUT2D eigenvalue weighted by Gasteiger charge is -2.02. The third-order valence-corrected chi connectivity index (χ3v) is 3.60. The van der Waals surface area contributed by atoms with Crippen molar-refractivity contribution in [2.45, 2.75) is 4.90 Å². The molecule has 0 unspecified atom stereocenters. The number of hydrogen-bond acceptors (Lipinski definition) is 4. The van der Waals surface area contributed by atoms with Crippen molar-refractivity contribution in [3.8, 4) is 0 Å². The molecule has 0 saturated heterocycles. The molecule has 2 aromatic carbocycles. The Morgan fingerprint density at radius 2 is 1.64 bits per heavy atom. The third-order valence-electron chi connectivity index (χ3n) is 2.77. The van der Waals surface area contributed by atoms with Crippen molar-refractivity contribution in [1.29, 1.82) is 0 Å². The van der Waals surface area contributed by atoms with E-state index in [1.54, 1.807) is 30.3 Å². The Morgan fingerprint density at radius 1 is 1.05 bits per heavy atom. The van der Waals surface area contributed by atoms with Crippen LogP contribution in [0.15, 0.2) is 59.5 Å². The maximum absolute atomic E-state index is 12.7. The van der Waals surface area contributed by atoms with Crippen LogP contribution in [0.5, 0.6) is 0 Å². The number of nitrogen functional groups attached to an aromatic ring is 1. The molecule has 0 atom stereocenters. The summed E-state index contributed by atoms with van der Waals surface area (Å²) in [7, 11) is -4.73. The largest absolute Gasteiger partial charge is 0.399 e. The minimum Gasteiger partial charge on any atom is -0.399 e. The first-order valence-corrected chi connectivity index (χ1v) is 7.62. The number of hydrogen-bond donors (Lipinski definition) is 2. The Hall–Kier alpha value is -2.67. The molecule has 0 saturated carbocycles. The number of carbonyl (C=O) groups is 1. The molecule has 0 aliphatic heterocycles. The molecule has 3 N–H and O–H groups in total. The molecule has 5 nitrogen and oxygen atoms in total. The highest BCUT2D eigenvalue weighted by Gasteiger charge is 2.11. The van der Waals surface area contributed by atoms with Gasteiger partial charge in [-0.1, -0.05) is 12.1 Å². The number of carbonyl (C=O) groups excluding carboxylic acids is 1. The van der Waals surface area contributed by atoms with Crippen LogP contribution < -0.4 is 11.1 Å². The molecule has 22 heavy (non-hydrogen) atoms. The quantitative estimate of drug-likeness (QED) is 0.515. The number of anilines is 2. The van der Waals surface area contributed by atoms with Gasteiger partial charge in [0.1, 0.15) is 0 Å². The summed E-state index contributed by atoms with van der Waals surface area (Å²) < 4.78 is 34.1. The molecular formula is C15H13FN2O3S. The SMILES string of the molecule is Nc1ccc(/C=C/C(=O)Nc2ccc(S(=O)(=O)F)cc2)cc1. The highest BCUT2D eigenvalue weighted by molar-refractivity contribution is 7.86. The average molecular weight is 320 g/mol. The van der Waals surface area contributed by atoms with E-state index in [9.17, 15) is 17.1 Å². The van der Waals surface area contributed by atoms with Crippen LogP contribution in [0.25, 0.3) is 6.08 Å². The van der Waals surface area contributed by atoms with Crippen LogP contribution in [-0.4, -0.2) is 14.3 Å². The Bertz CT molecular complexity index is 798. The second-order valence-electron chi connectivity index (χ2n) is 4.45. The fraction of sp³-hybridized carbons (Fsp3) is 0.